The van der Waals surface area contributed by atoms with Gasteiger partial charge in [0.1, 0.15) is 11.1 Å². The van der Waals surface area contributed by atoms with Gasteiger partial charge >= 0.3 is 0 Å². The van der Waals surface area contributed by atoms with Crippen molar-refractivity contribution in [2.24, 2.45) is 0 Å². The molecule has 0 aliphatic heterocycles. The zero-order chi connectivity index (χ0) is 16.3. The molecule has 1 aromatic carbocycles. The molecule has 0 spiro atoms. The minimum Gasteiger partial charge on any atom is -0.355 e. The van der Waals surface area contributed by atoms with Gasteiger partial charge in [0.05, 0.1) is 11.0 Å². The van der Waals surface area contributed by atoms with Crippen LogP contribution < -0.4 is 5.32 Å². The van der Waals surface area contributed by atoms with E-state index in [1.165, 1.54) is 6.92 Å². The molecule has 1 aromatic heterocycles. The van der Waals surface area contributed by atoms with Gasteiger partial charge in [-0.2, -0.15) is 0 Å². The molecule has 0 aliphatic rings. The molecule has 2 rings (SSSR count). The number of carbonyl (C=O) groups excluding carboxylic acids is 1. The molecule has 1 atom stereocenters. The molecule has 7 heteroatoms. The summed E-state index contributed by atoms with van der Waals surface area (Å²) in [6, 6.07) is 7.90. The summed E-state index contributed by atoms with van der Waals surface area (Å²) in [6.45, 7) is 4.51. The van der Waals surface area contributed by atoms with E-state index >= 15 is 0 Å². The van der Waals surface area contributed by atoms with Gasteiger partial charge < -0.3 is 9.88 Å². The van der Waals surface area contributed by atoms with E-state index < -0.39 is 21.0 Å². The number of nitrogens with one attached hydrogen (secondary N) is 1. The zero-order valence-electron chi connectivity index (χ0n) is 13.0. The van der Waals surface area contributed by atoms with Gasteiger partial charge in [-0.3, -0.25) is 4.79 Å². The average Bonchev–Trinajstić information content (AvgIpc) is 2.77. The predicted molar refractivity (Wildman–Crippen MR) is 86.4 cm³/mol. The topological polar surface area (TPSA) is 81.1 Å². The Morgan fingerprint density at radius 2 is 2.05 bits per heavy atom. The highest BCUT2D eigenvalue weighted by Crippen LogP contribution is 2.15. The smallest absolute Gasteiger partial charge is 0.238 e. The third-order valence-corrected chi connectivity index (χ3v) is 5.21. The molecule has 0 radical (unpaired) electrons. The van der Waals surface area contributed by atoms with E-state index in [9.17, 15) is 13.2 Å². The predicted octanol–water partition coefficient (Wildman–Crippen LogP) is 1.28. The lowest BCUT2D eigenvalue weighted by molar-refractivity contribution is -0.120. The molecule has 0 bridgehead atoms. The number of carbonyl (C=O) groups is 1. The van der Waals surface area contributed by atoms with Crippen LogP contribution in [0.2, 0.25) is 0 Å². The second kappa shape index (κ2) is 6.48. The first-order valence-corrected chi connectivity index (χ1v) is 9.14. The summed E-state index contributed by atoms with van der Waals surface area (Å²) < 4.78 is 24.7. The van der Waals surface area contributed by atoms with Crippen molar-refractivity contribution in [1.82, 2.24) is 14.9 Å². The van der Waals surface area contributed by atoms with Crippen LogP contribution in [0.5, 0.6) is 0 Å². The van der Waals surface area contributed by atoms with Crippen LogP contribution in [-0.2, 0) is 21.2 Å². The highest BCUT2D eigenvalue weighted by Gasteiger charge is 2.22. The van der Waals surface area contributed by atoms with Gasteiger partial charge in [0.15, 0.2) is 9.84 Å². The third kappa shape index (κ3) is 3.65. The number of hydrogen-bond acceptors (Lipinski definition) is 4. The summed E-state index contributed by atoms with van der Waals surface area (Å²) in [4.78, 5) is 16.2. The SMILES string of the molecule is Cc1nc2ccccc2n1CCCNC(=O)[C@@H](C)S(C)(=O)=O. The summed E-state index contributed by atoms with van der Waals surface area (Å²) in [5, 5.41) is 1.66. The number of fused-ring (bicyclic) bond motifs is 1. The fraction of sp³-hybridized carbons (Fsp3) is 0.467. The third-order valence-electron chi connectivity index (χ3n) is 3.71. The van der Waals surface area contributed by atoms with E-state index in [0.717, 1.165) is 29.7 Å². The zero-order valence-corrected chi connectivity index (χ0v) is 13.9. The van der Waals surface area contributed by atoms with Gasteiger partial charge in [0.25, 0.3) is 0 Å². The monoisotopic (exact) mass is 323 g/mol. The van der Waals surface area contributed by atoms with Crippen LogP contribution in [-0.4, -0.2) is 41.9 Å². The summed E-state index contributed by atoms with van der Waals surface area (Å²) >= 11 is 0. The largest absolute Gasteiger partial charge is 0.355 e. The number of benzene rings is 1. The molecular formula is C15H21N3O3S. The lowest BCUT2D eigenvalue weighted by atomic mass is 10.3. The molecule has 1 N–H and O–H groups in total. The van der Waals surface area contributed by atoms with E-state index in [1.54, 1.807) is 0 Å². The summed E-state index contributed by atoms with van der Waals surface area (Å²) in [5.41, 5.74) is 2.02. The number of aromatic nitrogens is 2. The highest BCUT2D eigenvalue weighted by atomic mass is 32.2. The van der Waals surface area contributed by atoms with E-state index in [2.05, 4.69) is 14.9 Å². The first-order valence-electron chi connectivity index (χ1n) is 7.19. The number of rotatable bonds is 6. The highest BCUT2D eigenvalue weighted by molar-refractivity contribution is 7.92. The first kappa shape index (κ1) is 16.5. The first-order chi connectivity index (χ1) is 10.3. The average molecular weight is 323 g/mol. The van der Waals surface area contributed by atoms with Crippen LogP contribution in [0.3, 0.4) is 0 Å². The van der Waals surface area contributed by atoms with Gasteiger partial charge in [0.2, 0.25) is 5.91 Å². The Bertz CT molecular complexity index is 780. The Labute approximate surface area is 130 Å². The van der Waals surface area contributed by atoms with Crippen molar-refractivity contribution >= 4 is 26.8 Å². The number of hydrogen-bond donors (Lipinski definition) is 1. The van der Waals surface area contributed by atoms with Crippen molar-refractivity contribution in [3.63, 3.8) is 0 Å². The van der Waals surface area contributed by atoms with Crippen LogP contribution in [0.25, 0.3) is 11.0 Å². The maximum atomic E-state index is 11.7. The van der Waals surface area contributed by atoms with Gasteiger partial charge in [-0.15, -0.1) is 0 Å². The Hall–Kier alpha value is -1.89. The molecule has 0 fully saturated rings. The van der Waals surface area contributed by atoms with E-state index in [4.69, 9.17) is 0 Å². The molecule has 1 amide bonds. The number of amides is 1. The second-order valence-corrected chi connectivity index (χ2v) is 7.78. The summed E-state index contributed by atoms with van der Waals surface area (Å²) in [7, 11) is -3.35. The molecule has 0 aliphatic carbocycles. The van der Waals surface area contributed by atoms with Crippen molar-refractivity contribution in [2.75, 3.05) is 12.8 Å². The number of nitrogens with zero attached hydrogens (tertiary/aromatic N) is 2. The Balaban J connectivity index is 1.91. The van der Waals surface area contributed by atoms with Crippen LogP contribution in [0, 0.1) is 6.92 Å². The second-order valence-electron chi connectivity index (χ2n) is 5.42. The van der Waals surface area contributed by atoms with Gasteiger partial charge in [-0.1, -0.05) is 12.1 Å². The van der Waals surface area contributed by atoms with Crippen molar-refractivity contribution in [2.45, 2.75) is 32.1 Å². The molecular weight excluding hydrogens is 302 g/mol. The van der Waals surface area contributed by atoms with Gasteiger partial charge in [-0.05, 0) is 32.4 Å². The summed E-state index contributed by atoms with van der Waals surface area (Å²) in [5.74, 6) is 0.478. The molecule has 2 aromatic rings. The van der Waals surface area contributed by atoms with Crippen LogP contribution in [0.4, 0.5) is 0 Å². The number of imidazole rings is 1. The molecule has 6 nitrogen and oxygen atoms in total. The van der Waals surface area contributed by atoms with E-state index in [-0.39, 0.29) is 0 Å². The maximum Gasteiger partial charge on any atom is 0.238 e. The minimum absolute atomic E-state index is 0.435. The Morgan fingerprint density at radius 1 is 1.36 bits per heavy atom. The Morgan fingerprint density at radius 3 is 2.73 bits per heavy atom. The van der Waals surface area contributed by atoms with Crippen LogP contribution >= 0.6 is 0 Å². The van der Waals surface area contributed by atoms with Crippen molar-refractivity contribution in [1.29, 1.82) is 0 Å². The van der Waals surface area contributed by atoms with Crippen LogP contribution in [0.1, 0.15) is 19.2 Å². The van der Waals surface area contributed by atoms with Gasteiger partial charge in [-0.25, -0.2) is 13.4 Å². The fourth-order valence-corrected chi connectivity index (χ4v) is 2.74. The molecule has 0 unspecified atom stereocenters. The lowest BCUT2D eigenvalue weighted by Gasteiger charge is -2.11. The molecule has 22 heavy (non-hydrogen) atoms. The molecule has 120 valence electrons. The van der Waals surface area contributed by atoms with E-state index in [1.807, 2.05) is 31.2 Å². The minimum atomic E-state index is -3.35. The van der Waals surface area contributed by atoms with E-state index in [0.29, 0.717) is 13.0 Å². The Kier molecular flexibility index (Phi) is 4.85. The lowest BCUT2D eigenvalue weighted by Crippen LogP contribution is -2.38. The van der Waals surface area contributed by atoms with Crippen LogP contribution in [0.15, 0.2) is 24.3 Å². The van der Waals surface area contributed by atoms with Crippen molar-refractivity contribution in [3.05, 3.63) is 30.1 Å². The standard InChI is InChI=1S/C15H21N3O3S/c1-11(22(3,20)21)15(19)16-9-6-10-18-12(2)17-13-7-4-5-8-14(13)18/h4-5,7-8,11H,6,9-10H2,1-3H3,(H,16,19)/t11-/m1/s1. The van der Waals surface area contributed by atoms with Crippen molar-refractivity contribution in [3.8, 4) is 0 Å². The quantitative estimate of drug-likeness (QED) is 0.812. The molecule has 0 saturated carbocycles. The fourth-order valence-electron chi connectivity index (χ4n) is 2.27. The molecule has 0 saturated heterocycles. The normalized spacial score (nSPS) is 13.2. The van der Waals surface area contributed by atoms with Gasteiger partial charge in [0, 0.05) is 19.3 Å². The summed E-state index contributed by atoms with van der Waals surface area (Å²) in [6.07, 6.45) is 1.78. The number of para-hydroxylation sites is 2. The number of aryl methyl sites for hydroxylation is 2. The number of sulfone groups is 1. The van der Waals surface area contributed by atoms with Crippen molar-refractivity contribution < 1.29 is 13.2 Å². The molecule has 1 heterocycles. The maximum absolute atomic E-state index is 11.7.